The van der Waals surface area contributed by atoms with Gasteiger partial charge in [0.05, 0.1) is 0 Å². The maximum Gasteiger partial charge on any atom is 0.0393 e. The first-order valence-electron chi connectivity index (χ1n) is 5.98. The minimum atomic E-state index is 1.28. The molecule has 1 aliphatic carbocycles. The van der Waals surface area contributed by atoms with Crippen LogP contribution in [-0.4, -0.2) is 18.0 Å². The van der Waals surface area contributed by atoms with Gasteiger partial charge in [-0.15, -0.1) is 0 Å². The Labute approximate surface area is 83.5 Å². The lowest BCUT2D eigenvalue weighted by atomic mass is 9.94. The van der Waals surface area contributed by atoms with Crippen molar-refractivity contribution in [1.29, 1.82) is 0 Å². The van der Waals surface area contributed by atoms with Gasteiger partial charge in [-0.25, -0.2) is 0 Å². The van der Waals surface area contributed by atoms with Gasteiger partial charge < -0.3 is 0 Å². The topological polar surface area (TPSA) is 3.24 Å². The second-order valence-corrected chi connectivity index (χ2v) is 4.11. The molecule has 0 aromatic carbocycles. The fourth-order valence-electron chi connectivity index (χ4n) is 2.24. The van der Waals surface area contributed by atoms with E-state index < -0.39 is 0 Å². The molecule has 0 saturated heterocycles. The smallest absolute Gasteiger partial charge is 0.0393 e. The molecule has 0 atom stereocenters. The van der Waals surface area contributed by atoms with E-state index in [4.69, 9.17) is 0 Å². The van der Waals surface area contributed by atoms with Crippen LogP contribution in [0.2, 0.25) is 0 Å². The van der Waals surface area contributed by atoms with Crippen LogP contribution in [0.25, 0.3) is 0 Å². The van der Waals surface area contributed by atoms with Gasteiger partial charge in [-0.2, -0.15) is 0 Å². The van der Waals surface area contributed by atoms with Crippen molar-refractivity contribution in [1.82, 2.24) is 4.90 Å². The van der Waals surface area contributed by atoms with Crippen molar-refractivity contribution in [3.05, 3.63) is 6.04 Å². The van der Waals surface area contributed by atoms with E-state index in [9.17, 15) is 0 Å². The predicted molar refractivity (Wildman–Crippen MR) is 58.5 cm³/mol. The summed E-state index contributed by atoms with van der Waals surface area (Å²) in [5.41, 5.74) is 0. The number of rotatable bonds is 5. The van der Waals surface area contributed by atoms with Gasteiger partial charge in [-0.05, 0) is 38.8 Å². The molecule has 1 aliphatic rings. The second kappa shape index (κ2) is 6.42. The Morgan fingerprint density at radius 1 is 0.923 bits per heavy atom. The summed E-state index contributed by atoms with van der Waals surface area (Å²) in [6, 6.07) is 1.75. The lowest BCUT2D eigenvalue weighted by Gasteiger charge is -2.33. The van der Waals surface area contributed by atoms with Crippen LogP contribution in [0, 0.1) is 6.04 Å². The first-order valence-corrected chi connectivity index (χ1v) is 5.98. The summed E-state index contributed by atoms with van der Waals surface area (Å²) in [6.07, 6.45) is 9.65. The summed E-state index contributed by atoms with van der Waals surface area (Å²) in [6.45, 7) is 7.13. The Morgan fingerprint density at radius 3 is 1.92 bits per heavy atom. The number of hydrogen-bond donors (Lipinski definition) is 0. The maximum absolute atomic E-state index is 2.64. The highest BCUT2D eigenvalue weighted by molar-refractivity contribution is 4.92. The normalized spacial score (nSPS) is 19.6. The van der Waals surface area contributed by atoms with Crippen LogP contribution in [0.3, 0.4) is 0 Å². The first-order chi connectivity index (χ1) is 6.38. The molecule has 13 heavy (non-hydrogen) atoms. The highest BCUT2D eigenvalue weighted by atomic mass is 15.1. The van der Waals surface area contributed by atoms with E-state index in [1.54, 1.807) is 6.04 Å². The zero-order chi connectivity index (χ0) is 9.52. The monoisotopic (exact) mass is 182 g/mol. The van der Waals surface area contributed by atoms with E-state index in [1.165, 1.54) is 58.0 Å². The van der Waals surface area contributed by atoms with E-state index >= 15 is 0 Å². The summed E-state index contributed by atoms with van der Waals surface area (Å²) in [7, 11) is 0. The van der Waals surface area contributed by atoms with Crippen LogP contribution in [0.1, 0.15) is 58.8 Å². The third-order valence-electron chi connectivity index (χ3n) is 2.86. The SMILES string of the molecule is CCCN(CCC)[C]1CCCCC1. The van der Waals surface area contributed by atoms with Crippen LogP contribution < -0.4 is 0 Å². The summed E-state index contributed by atoms with van der Waals surface area (Å²) in [5.74, 6) is 0. The van der Waals surface area contributed by atoms with Crippen molar-refractivity contribution >= 4 is 0 Å². The molecule has 0 N–H and O–H groups in total. The van der Waals surface area contributed by atoms with Gasteiger partial charge >= 0.3 is 0 Å². The Hall–Kier alpha value is -0.0400. The van der Waals surface area contributed by atoms with E-state index in [0.717, 1.165) is 0 Å². The van der Waals surface area contributed by atoms with Gasteiger partial charge in [-0.1, -0.05) is 33.1 Å². The molecule has 0 aromatic heterocycles. The maximum atomic E-state index is 2.64. The summed E-state index contributed by atoms with van der Waals surface area (Å²) >= 11 is 0. The predicted octanol–water partition coefficient (Wildman–Crippen LogP) is 3.60. The van der Waals surface area contributed by atoms with Crippen molar-refractivity contribution < 1.29 is 0 Å². The highest BCUT2D eigenvalue weighted by Gasteiger charge is 2.20. The van der Waals surface area contributed by atoms with Crippen molar-refractivity contribution in [2.45, 2.75) is 58.8 Å². The molecule has 0 heterocycles. The summed E-state index contributed by atoms with van der Waals surface area (Å²) in [4.78, 5) is 2.64. The largest absolute Gasteiger partial charge is 0.296 e. The molecule has 1 radical (unpaired) electrons. The van der Waals surface area contributed by atoms with Crippen molar-refractivity contribution in [3.8, 4) is 0 Å². The fraction of sp³-hybridized carbons (Fsp3) is 0.917. The zero-order valence-corrected chi connectivity index (χ0v) is 9.31. The minimum Gasteiger partial charge on any atom is -0.296 e. The molecule has 1 rings (SSSR count). The zero-order valence-electron chi connectivity index (χ0n) is 9.31. The second-order valence-electron chi connectivity index (χ2n) is 4.11. The molecule has 1 nitrogen and oxygen atoms in total. The van der Waals surface area contributed by atoms with Crippen LogP contribution >= 0.6 is 0 Å². The molecule has 0 amide bonds. The average molecular weight is 182 g/mol. The van der Waals surface area contributed by atoms with Crippen molar-refractivity contribution in [2.24, 2.45) is 0 Å². The third-order valence-corrected chi connectivity index (χ3v) is 2.86. The Morgan fingerprint density at radius 2 is 1.46 bits per heavy atom. The lowest BCUT2D eigenvalue weighted by Crippen LogP contribution is -2.31. The first kappa shape index (κ1) is 11.0. The van der Waals surface area contributed by atoms with Crippen molar-refractivity contribution in [3.63, 3.8) is 0 Å². The molecule has 1 saturated carbocycles. The molecule has 1 fully saturated rings. The summed E-state index contributed by atoms with van der Waals surface area (Å²) < 4.78 is 0. The molecule has 0 unspecified atom stereocenters. The van der Waals surface area contributed by atoms with Crippen LogP contribution in [0.15, 0.2) is 0 Å². The fourth-order valence-corrected chi connectivity index (χ4v) is 2.24. The highest BCUT2D eigenvalue weighted by Crippen LogP contribution is 2.28. The molecule has 0 spiro atoms. The molecular weight excluding hydrogens is 158 g/mol. The van der Waals surface area contributed by atoms with E-state index in [-0.39, 0.29) is 0 Å². The Balaban J connectivity index is 2.32. The van der Waals surface area contributed by atoms with Gasteiger partial charge in [0.2, 0.25) is 0 Å². The Kier molecular flexibility index (Phi) is 5.45. The lowest BCUT2D eigenvalue weighted by molar-refractivity contribution is 0.239. The van der Waals surface area contributed by atoms with Gasteiger partial charge in [0.1, 0.15) is 0 Å². The summed E-state index contributed by atoms with van der Waals surface area (Å²) in [5, 5.41) is 0. The van der Waals surface area contributed by atoms with Crippen LogP contribution in [0.4, 0.5) is 0 Å². The Bertz CT molecular complexity index is 110. The molecule has 0 bridgehead atoms. The van der Waals surface area contributed by atoms with Crippen LogP contribution in [0.5, 0.6) is 0 Å². The minimum absolute atomic E-state index is 1.28. The third kappa shape index (κ3) is 3.68. The molecule has 0 aromatic rings. The van der Waals surface area contributed by atoms with Crippen LogP contribution in [-0.2, 0) is 0 Å². The van der Waals surface area contributed by atoms with Gasteiger partial charge in [0.15, 0.2) is 0 Å². The standard InChI is InChI=1S/C12H24N/c1-3-10-13(11-4-2)12-8-6-5-7-9-12/h3-11H2,1-2H3. The molecule has 77 valence electrons. The number of hydrogen-bond acceptors (Lipinski definition) is 1. The molecule has 0 aliphatic heterocycles. The number of nitrogens with zero attached hydrogens (tertiary/aromatic N) is 1. The quantitative estimate of drug-likeness (QED) is 0.628. The van der Waals surface area contributed by atoms with Gasteiger partial charge in [0.25, 0.3) is 0 Å². The van der Waals surface area contributed by atoms with Gasteiger partial charge in [0, 0.05) is 6.04 Å². The van der Waals surface area contributed by atoms with E-state index in [0.29, 0.717) is 0 Å². The van der Waals surface area contributed by atoms with E-state index in [1.807, 2.05) is 0 Å². The van der Waals surface area contributed by atoms with Crippen molar-refractivity contribution in [2.75, 3.05) is 13.1 Å². The molecular formula is C12H24N. The van der Waals surface area contributed by atoms with Gasteiger partial charge in [-0.3, -0.25) is 4.90 Å². The van der Waals surface area contributed by atoms with E-state index in [2.05, 4.69) is 18.7 Å². The average Bonchev–Trinajstić information content (AvgIpc) is 2.19. The molecule has 1 heteroatoms.